The Balaban J connectivity index is 1.41. The first kappa shape index (κ1) is 17.1. The summed E-state index contributed by atoms with van der Waals surface area (Å²) in [5.74, 6) is 0.0792. The van der Waals surface area contributed by atoms with Crippen LogP contribution in [0.25, 0.3) is 6.08 Å². The van der Waals surface area contributed by atoms with Crippen LogP contribution in [-0.2, 0) is 0 Å². The number of hydrogen-bond acceptors (Lipinski definition) is 2. The van der Waals surface area contributed by atoms with Crippen molar-refractivity contribution in [2.75, 3.05) is 26.2 Å². The molecular formula is C21H27ClN2O. The van der Waals surface area contributed by atoms with Crippen LogP contribution >= 0.6 is 11.6 Å². The molecule has 1 aromatic carbocycles. The van der Waals surface area contributed by atoms with Crippen LogP contribution in [0.3, 0.4) is 0 Å². The third-order valence-corrected chi connectivity index (χ3v) is 6.33. The Hall–Kier alpha value is -1.32. The van der Waals surface area contributed by atoms with Gasteiger partial charge in [0.2, 0.25) is 0 Å². The van der Waals surface area contributed by atoms with Crippen molar-refractivity contribution in [1.82, 2.24) is 9.80 Å². The molecule has 4 heteroatoms. The lowest BCUT2D eigenvalue weighted by atomic mass is 9.89. The molecule has 2 aliphatic heterocycles. The van der Waals surface area contributed by atoms with E-state index in [2.05, 4.69) is 11.0 Å². The largest absolute Gasteiger partial charge is 0.339 e. The molecular weight excluding hydrogens is 332 g/mol. The minimum absolute atomic E-state index is 0.0792. The Morgan fingerprint density at radius 2 is 1.76 bits per heavy atom. The van der Waals surface area contributed by atoms with Gasteiger partial charge in [0.15, 0.2) is 0 Å². The van der Waals surface area contributed by atoms with Crippen molar-refractivity contribution in [3.8, 4) is 0 Å². The third kappa shape index (κ3) is 3.78. The van der Waals surface area contributed by atoms with E-state index in [1.54, 1.807) is 0 Å². The predicted octanol–water partition coefficient (Wildman–Crippen LogP) is 4.61. The fourth-order valence-corrected chi connectivity index (χ4v) is 4.46. The summed E-state index contributed by atoms with van der Waals surface area (Å²) in [4.78, 5) is 17.1. The van der Waals surface area contributed by atoms with Gasteiger partial charge in [0.25, 0.3) is 5.91 Å². The zero-order valence-corrected chi connectivity index (χ0v) is 15.6. The highest BCUT2D eigenvalue weighted by Gasteiger charge is 2.27. The predicted molar refractivity (Wildman–Crippen MR) is 103 cm³/mol. The summed E-state index contributed by atoms with van der Waals surface area (Å²) in [6.07, 6.45) is 11.0. The highest BCUT2D eigenvalue weighted by atomic mass is 35.5. The Morgan fingerprint density at radius 3 is 2.36 bits per heavy atom. The van der Waals surface area contributed by atoms with Gasteiger partial charge in [-0.15, -0.1) is 0 Å². The highest BCUT2D eigenvalue weighted by molar-refractivity contribution is 6.34. The molecule has 4 rings (SSSR count). The molecule has 25 heavy (non-hydrogen) atoms. The summed E-state index contributed by atoms with van der Waals surface area (Å²) in [6.45, 7) is 4.10. The molecule has 0 bridgehead atoms. The summed E-state index contributed by atoms with van der Waals surface area (Å²) >= 11 is 6.43. The second-order valence-corrected chi connectivity index (χ2v) is 8.07. The summed E-state index contributed by atoms with van der Waals surface area (Å²) in [7, 11) is 0. The summed E-state index contributed by atoms with van der Waals surface area (Å²) in [6, 6.07) is 6.75. The molecule has 0 aromatic heterocycles. The fourth-order valence-electron chi connectivity index (χ4n) is 4.19. The normalized spacial score (nSPS) is 22.1. The maximum atomic E-state index is 12.5. The molecule has 2 heterocycles. The van der Waals surface area contributed by atoms with Gasteiger partial charge in [0.05, 0.1) is 10.6 Å². The van der Waals surface area contributed by atoms with Gasteiger partial charge in [-0.2, -0.15) is 0 Å². The molecule has 3 aliphatic rings. The molecule has 1 aromatic rings. The van der Waals surface area contributed by atoms with E-state index in [0.29, 0.717) is 10.6 Å². The molecule has 0 unspecified atom stereocenters. The van der Waals surface area contributed by atoms with Gasteiger partial charge in [-0.05, 0) is 56.2 Å². The van der Waals surface area contributed by atoms with E-state index in [1.807, 2.05) is 23.1 Å². The minimum atomic E-state index is 0.0792. The second-order valence-electron chi connectivity index (χ2n) is 7.66. The Labute approximate surface area is 155 Å². The van der Waals surface area contributed by atoms with E-state index in [0.717, 1.165) is 50.4 Å². The van der Waals surface area contributed by atoms with E-state index in [-0.39, 0.29) is 5.91 Å². The van der Waals surface area contributed by atoms with Gasteiger partial charge in [0, 0.05) is 32.2 Å². The number of benzene rings is 1. The van der Waals surface area contributed by atoms with Gasteiger partial charge in [-0.25, -0.2) is 0 Å². The first-order valence-electron chi connectivity index (χ1n) is 9.73. The zero-order chi connectivity index (χ0) is 17.2. The van der Waals surface area contributed by atoms with Crippen molar-refractivity contribution < 1.29 is 4.79 Å². The van der Waals surface area contributed by atoms with Crippen LogP contribution in [0, 0.1) is 0 Å². The number of amides is 1. The van der Waals surface area contributed by atoms with Crippen molar-refractivity contribution >= 4 is 23.6 Å². The van der Waals surface area contributed by atoms with E-state index in [4.69, 9.17) is 11.6 Å². The second kappa shape index (κ2) is 7.51. The number of rotatable bonds is 3. The average molecular weight is 359 g/mol. The molecule has 0 N–H and O–H groups in total. The number of halogens is 1. The van der Waals surface area contributed by atoms with Crippen LogP contribution < -0.4 is 0 Å². The maximum Gasteiger partial charge on any atom is 0.255 e. The van der Waals surface area contributed by atoms with Gasteiger partial charge < -0.3 is 4.90 Å². The molecule has 0 spiro atoms. The number of hydrogen-bond donors (Lipinski definition) is 0. The Bertz CT molecular complexity index is 664. The van der Waals surface area contributed by atoms with Crippen molar-refractivity contribution in [2.45, 2.75) is 51.0 Å². The van der Waals surface area contributed by atoms with E-state index in [1.165, 1.54) is 37.9 Å². The van der Waals surface area contributed by atoms with Gasteiger partial charge in [-0.3, -0.25) is 9.69 Å². The van der Waals surface area contributed by atoms with Crippen LogP contribution in [0.5, 0.6) is 0 Å². The van der Waals surface area contributed by atoms with Gasteiger partial charge in [0.1, 0.15) is 0 Å². The number of carbonyl (C=O) groups is 1. The third-order valence-electron chi connectivity index (χ3n) is 6.02. The number of carbonyl (C=O) groups excluding carboxylic acids is 1. The number of piperidine rings is 1. The van der Waals surface area contributed by atoms with Crippen LogP contribution in [0.1, 0.15) is 60.9 Å². The fraction of sp³-hybridized carbons (Fsp3) is 0.571. The molecule has 0 radical (unpaired) electrons. The van der Waals surface area contributed by atoms with Crippen LogP contribution in [0.4, 0.5) is 0 Å². The van der Waals surface area contributed by atoms with Gasteiger partial charge >= 0.3 is 0 Å². The van der Waals surface area contributed by atoms with E-state index < -0.39 is 0 Å². The SMILES string of the molecule is O=C(c1ccc(C=C2CCN(C3CCC3)CC2)cc1Cl)N1CCCC1. The lowest BCUT2D eigenvalue weighted by Gasteiger charge is -2.40. The summed E-state index contributed by atoms with van der Waals surface area (Å²) < 4.78 is 0. The van der Waals surface area contributed by atoms with Crippen LogP contribution in [0.15, 0.2) is 23.8 Å². The topological polar surface area (TPSA) is 23.6 Å². The minimum Gasteiger partial charge on any atom is -0.339 e. The molecule has 1 aliphatic carbocycles. The van der Waals surface area contributed by atoms with Crippen LogP contribution in [0.2, 0.25) is 5.02 Å². The van der Waals surface area contributed by atoms with Crippen molar-refractivity contribution in [3.05, 3.63) is 39.9 Å². The average Bonchev–Trinajstić information content (AvgIpc) is 3.09. The Morgan fingerprint density at radius 1 is 1.04 bits per heavy atom. The van der Waals surface area contributed by atoms with Gasteiger partial charge in [-0.1, -0.05) is 35.7 Å². The summed E-state index contributed by atoms with van der Waals surface area (Å²) in [5, 5.41) is 0.582. The molecule has 3 nitrogen and oxygen atoms in total. The molecule has 1 saturated carbocycles. The van der Waals surface area contributed by atoms with E-state index in [9.17, 15) is 4.79 Å². The molecule has 0 atom stereocenters. The monoisotopic (exact) mass is 358 g/mol. The molecule has 2 saturated heterocycles. The van der Waals surface area contributed by atoms with Crippen molar-refractivity contribution in [3.63, 3.8) is 0 Å². The molecule has 3 fully saturated rings. The van der Waals surface area contributed by atoms with Crippen molar-refractivity contribution in [2.24, 2.45) is 0 Å². The van der Waals surface area contributed by atoms with E-state index >= 15 is 0 Å². The van der Waals surface area contributed by atoms with Crippen molar-refractivity contribution in [1.29, 1.82) is 0 Å². The molecule has 1 amide bonds. The smallest absolute Gasteiger partial charge is 0.255 e. The first-order chi connectivity index (χ1) is 12.2. The standard InChI is InChI=1S/C21H27ClN2O/c22-20-15-17(6-7-19(20)21(25)24-10-1-2-11-24)14-16-8-12-23(13-9-16)18-4-3-5-18/h6-7,14-15,18H,1-5,8-13H2. The van der Waals surface area contributed by atoms with Crippen LogP contribution in [-0.4, -0.2) is 47.9 Å². The number of likely N-dealkylation sites (tertiary alicyclic amines) is 2. The maximum absolute atomic E-state index is 12.5. The summed E-state index contributed by atoms with van der Waals surface area (Å²) in [5.41, 5.74) is 3.27. The lowest BCUT2D eigenvalue weighted by Crippen LogP contribution is -2.43. The zero-order valence-electron chi connectivity index (χ0n) is 14.8. The highest BCUT2D eigenvalue weighted by Crippen LogP contribution is 2.30. The lowest BCUT2D eigenvalue weighted by molar-refractivity contribution is 0.0793. The first-order valence-corrected chi connectivity index (χ1v) is 10.1. The molecule has 134 valence electrons. The quantitative estimate of drug-likeness (QED) is 0.787. The Kier molecular flexibility index (Phi) is 5.14. The number of nitrogens with zero attached hydrogens (tertiary/aromatic N) is 2.